The summed E-state index contributed by atoms with van der Waals surface area (Å²) in [6.45, 7) is 7.38. The number of Topliss-reactive ketones (excluding diaryl/α,β-unsaturated/α-hetero) is 1. The van der Waals surface area contributed by atoms with E-state index in [1.54, 1.807) is 36.9 Å². The molecule has 0 amide bonds. The number of morpholine rings is 1. The van der Waals surface area contributed by atoms with Crippen molar-refractivity contribution in [2.45, 2.75) is 20.3 Å². The first-order valence-electron chi connectivity index (χ1n) is 10.5. The van der Waals surface area contributed by atoms with E-state index in [0.29, 0.717) is 65.8 Å². The molecule has 1 aromatic carbocycles. The Hall–Kier alpha value is -3.04. The number of aryl methyl sites for hydroxylation is 2. The Morgan fingerprint density at radius 3 is 2.81 bits per heavy atom. The Morgan fingerprint density at radius 1 is 1.29 bits per heavy atom. The van der Waals surface area contributed by atoms with Crippen LogP contribution in [0.1, 0.15) is 29.4 Å². The predicted molar refractivity (Wildman–Crippen MR) is 117 cm³/mol. The minimum absolute atomic E-state index is 0.00462. The molecule has 4 rings (SSSR count). The molecular weight excluding hydrogens is 398 g/mol. The highest BCUT2D eigenvalue weighted by Gasteiger charge is 2.20. The van der Waals surface area contributed by atoms with Gasteiger partial charge in [0.2, 0.25) is 0 Å². The number of fused-ring (bicyclic) bond motifs is 1. The molecule has 9 heteroatoms. The summed E-state index contributed by atoms with van der Waals surface area (Å²) in [5.41, 5.74) is 1.97. The van der Waals surface area contributed by atoms with Crippen molar-refractivity contribution >= 4 is 16.8 Å². The van der Waals surface area contributed by atoms with Gasteiger partial charge in [-0.3, -0.25) is 14.5 Å². The average molecular weight is 425 g/mol. The van der Waals surface area contributed by atoms with Crippen LogP contribution in [0.4, 0.5) is 0 Å². The fraction of sp³-hybridized carbons (Fsp3) is 0.455. The Bertz CT molecular complexity index is 1160. The van der Waals surface area contributed by atoms with Crippen molar-refractivity contribution in [2.24, 2.45) is 7.05 Å². The first-order chi connectivity index (χ1) is 15.0. The first kappa shape index (κ1) is 21.2. The zero-order valence-electron chi connectivity index (χ0n) is 18.1. The van der Waals surface area contributed by atoms with Crippen molar-refractivity contribution < 1.29 is 14.3 Å². The number of aromatic nitrogens is 4. The first-order valence-corrected chi connectivity index (χ1v) is 10.5. The number of carbonyl (C=O) groups excluding carboxylic acids is 1. The lowest BCUT2D eigenvalue weighted by atomic mass is 10.0. The Labute approximate surface area is 180 Å². The molecule has 164 valence electrons. The summed E-state index contributed by atoms with van der Waals surface area (Å²) in [6.07, 6.45) is 0.834. The van der Waals surface area contributed by atoms with Gasteiger partial charge in [0, 0.05) is 25.7 Å². The van der Waals surface area contributed by atoms with E-state index in [2.05, 4.69) is 20.0 Å². The summed E-state index contributed by atoms with van der Waals surface area (Å²) >= 11 is 0. The maximum atomic E-state index is 12.9. The van der Waals surface area contributed by atoms with E-state index < -0.39 is 0 Å². The van der Waals surface area contributed by atoms with Crippen molar-refractivity contribution in [3.8, 4) is 17.1 Å². The molecule has 0 saturated carbocycles. The van der Waals surface area contributed by atoms with Crippen LogP contribution < -0.4 is 10.3 Å². The number of ether oxygens (including phenoxy) is 2. The average Bonchev–Trinajstić information content (AvgIpc) is 3.06. The number of H-pyrrole nitrogens is 1. The van der Waals surface area contributed by atoms with Crippen LogP contribution in [0.15, 0.2) is 23.0 Å². The Morgan fingerprint density at radius 2 is 2.06 bits per heavy atom. The van der Waals surface area contributed by atoms with Gasteiger partial charge in [-0.2, -0.15) is 5.10 Å². The zero-order chi connectivity index (χ0) is 22.0. The molecule has 1 saturated heterocycles. The molecule has 1 aliphatic heterocycles. The van der Waals surface area contributed by atoms with Crippen molar-refractivity contribution in [2.75, 3.05) is 39.5 Å². The van der Waals surface area contributed by atoms with Crippen LogP contribution >= 0.6 is 0 Å². The zero-order valence-corrected chi connectivity index (χ0v) is 18.1. The number of hydrogen-bond donors (Lipinski definition) is 1. The molecule has 0 bridgehead atoms. The molecule has 1 N–H and O–H groups in total. The lowest BCUT2D eigenvalue weighted by molar-refractivity contribution is 0.0371. The van der Waals surface area contributed by atoms with Crippen LogP contribution in [0, 0.1) is 6.92 Å². The van der Waals surface area contributed by atoms with Gasteiger partial charge in [-0.25, -0.2) is 9.67 Å². The number of rotatable bonds is 7. The van der Waals surface area contributed by atoms with Crippen molar-refractivity contribution in [3.05, 3.63) is 39.8 Å². The molecule has 1 fully saturated rings. The SMILES string of the molecule is CCCOc1ccc(C(=O)CN2CCOCC2)cc1-c1nc2c(c(C)nn2C)c(=O)[nH]1. The van der Waals surface area contributed by atoms with E-state index in [4.69, 9.17) is 9.47 Å². The maximum Gasteiger partial charge on any atom is 0.262 e. The standard InChI is InChI=1S/C22H27N5O4/c1-4-9-31-18-6-5-15(17(28)13-27-7-10-30-11-8-27)12-16(18)20-23-21-19(22(29)24-20)14(2)25-26(21)3/h5-6,12H,4,7-11,13H2,1-3H3,(H,23,24,29). The minimum Gasteiger partial charge on any atom is -0.493 e. The number of ketones is 1. The fourth-order valence-corrected chi connectivity index (χ4v) is 3.75. The lowest BCUT2D eigenvalue weighted by Gasteiger charge is -2.25. The summed E-state index contributed by atoms with van der Waals surface area (Å²) in [4.78, 5) is 35.2. The normalized spacial score (nSPS) is 14.8. The number of nitrogens with zero attached hydrogens (tertiary/aromatic N) is 4. The lowest BCUT2D eigenvalue weighted by Crippen LogP contribution is -2.39. The molecule has 3 heterocycles. The number of nitrogens with one attached hydrogen (secondary N) is 1. The summed E-state index contributed by atoms with van der Waals surface area (Å²) in [6, 6.07) is 5.29. The van der Waals surface area contributed by atoms with Crippen LogP contribution in [-0.2, 0) is 11.8 Å². The molecular formula is C22H27N5O4. The Kier molecular flexibility index (Phi) is 6.15. The van der Waals surface area contributed by atoms with Gasteiger partial charge in [0.05, 0.1) is 37.6 Å². The highest BCUT2D eigenvalue weighted by atomic mass is 16.5. The molecule has 9 nitrogen and oxygen atoms in total. The van der Waals surface area contributed by atoms with Gasteiger partial charge in [-0.05, 0) is 31.5 Å². The predicted octanol–water partition coefficient (Wildman–Crippen LogP) is 1.94. The summed E-state index contributed by atoms with van der Waals surface area (Å²) < 4.78 is 12.8. The number of aromatic amines is 1. The van der Waals surface area contributed by atoms with Crippen LogP contribution in [0.2, 0.25) is 0 Å². The third-order valence-electron chi connectivity index (χ3n) is 5.36. The largest absolute Gasteiger partial charge is 0.493 e. The van der Waals surface area contributed by atoms with Gasteiger partial charge in [0.15, 0.2) is 11.4 Å². The topological polar surface area (TPSA) is 102 Å². The number of benzene rings is 1. The summed E-state index contributed by atoms with van der Waals surface area (Å²) in [7, 11) is 1.75. The highest BCUT2D eigenvalue weighted by molar-refractivity contribution is 5.99. The van der Waals surface area contributed by atoms with E-state index in [0.717, 1.165) is 19.5 Å². The second-order valence-corrected chi connectivity index (χ2v) is 7.69. The second-order valence-electron chi connectivity index (χ2n) is 7.69. The minimum atomic E-state index is -0.267. The molecule has 0 unspecified atom stereocenters. The molecule has 0 aliphatic carbocycles. The monoisotopic (exact) mass is 425 g/mol. The summed E-state index contributed by atoms with van der Waals surface area (Å²) in [5.74, 6) is 0.934. The van der Waals surface area contributed by atoms with Gasteiger partial charge in [-0.15, -0.1) is 0 Å². The molecule has 1 aliphatic rings. The third kappa shape index (κ3) is 4.38. The smallest absolute Gasteiger partial charge is 0.262 e. The van der Waals surface area contributed by atoms with Crippen LogP contribution in [0.3, 0.4) is 0 Å². The van der Waals surface area contributed by atoms with E-state index in [-0.39, 0.29) is 11.3 Å². The van der Waals surface area contributed by atoms with Crippen molar-refractivity contribution in [3.63, 3.8) is 0 Å². The maximum absolute atomic E-state index is 12.9. The number of hydrogen-bond acceptors (Lipinski definition) is 7. The fourth-order valence-electron chi connectivity index (χ4n) is 3.75. The van der Waals surface area contributed by atoms with Gasteiger partial charge in [-0.1, -0.05) is 6.92 Å². The van der Waals surface area contributed by atoms with Gasteiger partial charge < -0.3 is 14.5 Å². The van der Waals surface area contributed by atoms with E-state index in [9.17, 15) is 9.59 Å². The second kappa shape index (κ2) is 8.99. The molecule has 2 aromatic heterocycles. The number of carbonyl (C=O) groups is 1. The van der Waals surface area contributed by atoms with E-state index in [1.807, 2.05) is 6.92 Å². The van der Waals surface area contributed by atoms with Gasteiger partial charge in [0.25, 0.3) is 5.56 Å². The van der Waals surface area contributed by atoms with Crippen LogP contribution in [-0.4, -0.2) is 69.9 Å². The Balaban J connectivity index is 1.74. The molecule has 0 radical (unpaired) electrons. The molecule has 0 atom stereocenters. The van der Waals surface area contributed by atoms with Crippen molar-refractivity contribution in [1.29, 1.82) is 0 Å². The van der Waals surface area contributed by atoms with Crippen molar-refractivity contribution in [1.82, 2.24) is 24.6 Å². The van der Waals surface area contributed by atoms with Gasteiger partial charge in [0.1, 0.15) is 17.0 Å². The summed E-state index contributed by atoms with van der Waals surface area (Å²) in [5, 5.41) is 4.76. The highest BCUT2D eigenvalue weighted by Crippen LogP contribution is 2.30. The van der Waals surface area contributed by atoms with Crippen LogP contribution in [0.25, 0.3) is 22.4 Å². The molecule has 3 aromatic rings. The molecule has 31 heavy (non-hydrogen) atoms. The van der Waals surface area contributed by atoms with E-state index in [1.165, 1.54) is 0 Å². The molecule has 0 spiro atoms. The van der Waals surface area contributed by atoms with Gasteiger partial charge >= 0.3 is 0 Å². The third-order valence-corrected chi connectivity index (χ3v) is 5.36. The van der Waals surface area contributed by atoms with E-state index >= 15 is 0 Å². The quantitative estimate of drug-likeness (QED) is 0.577. The van der Waals surface area contributed by atoms with Crippen LogP contribution in [0.5, 0.6) is 5.75 Å².